The molecule has 0 saturated carbocycles. The Bertz CT molecular complexity index is 853. The number of nitrogens with zero attached hydrogens (tertiary/aromatic N) is 5. The first-order valence-electron chi connectivity index (χ1n) is 8.72. The molecule has 11 heteroatoms. The quantitative estimate of drug-likeness (QED) is 0.272. The molecule has 0 unspecified atom stereocenters. The van der Waals surface area contributed by atoms with E-state index in [0.29, 0.717) is 12.3 Å². The normalized spacial score (nSPS) is 12.7. The molecule has 0 saturated heterocycles. The molecule has 1 aromatic carbocycles. The molecule has 1 heterocycles. The number of hydrogen-bond donors (Lipinski definition) is 0. The number of halogens is 3. The van der Waals surface area contributed by atoms with Gasteiger partial charge in [-0.25, -0.2) is 18.8 Å². The molecule has 1 amide bonds. The Morgan fingerprint density at radius 1 is 1.34 bits per heavy atom. The average molecular weight is 429 g/mol. The van der Waals surface area contributed by atoms with Crippen molar-refractivity contribution < 1.29 is 22.8 Å². The zero-order valence-electron chi connectivity index (χ0n) is 16.5. The van der Waals surface area contributed by atoms with Crippen LogP contribution in [0.4, 0.5) is 18.0 Å². The molecule has 1 aromatic heterocycles. The minimum Gasteiger partial charge on any atom is -0.297 e. The Balaban J connectivity index is 2.08. The Morgan fingerprint density at radius 2 is 2.07 bits per heavy atom. The van der Waals surface area contributed by atoms with Crippen LogP contribution >= 0.6 is 11.9 Å². The molecule has 0 aliphatic rings. The van der Waals surface area contributed by atoms with Gasteiger partial charge in [0, 0.05) is 17.4 Å². The van der Waals surface area contributed by atoms with E-state index in [1.54, 1.807) is 4.68 Å². The van der Waals surface area contributed by atoms with E-state index in [0.717, 1.165) is 34.8 Å². The molecule has 0 N–H and O–H groups in total. The van der Waals surface area contributed by atoms with Crippen LogP contribution in [0.5, 0.6) is 0 Å². The molecule has 158 valence electrons. The van der Waals surface area contributed by atoms with Crippen molar-refractivity contribution in [3.8, 4) is 0 Å². The van der Waals surface area contributed by atoms with Crippen molar-refractivity contribution in [2.75, 3.05) is 7.05 Å². The monoisotopic (exact) mass is 429 g/mol. The van der Waals surface area contributed by atoms with Gasteiger partial charge in [0.25, 0.3) is 0 Å². The summed E-state index contributed by atoms with van der Waals surface area (Å²) in [4.78, 5) is 21.4. The van der Waals surface area contributed by atoms with E-state index in [-0.39, 0.29) is 10.3 Å². The standard InChI is InChI=1S/C18H22F3N5O2S/c1-5-17(2,3)15(10-26-12-22-11-23-26)24-28-16(27)25(4)29-14-8-6-7-13(9-14)18(19,20)21/h6-9,11-12H,5,10H2,1-4H3. The second kappa shape index (κ2) is 9.29. The van der Waals surface area contributed by atoms with Crippen molar-refractivity contribution in [3.05, 3.63) is 42.5 Å². The van der Waals surface area contributed by atoms with Crippen LogP contribution in [0.2, 0.25) is 0 Å². The molecular weight excluding hydrogens is 407 g/mol. The molecule has 2 rings (SSSR count). The SMILES string of the molecule is CCC(C)(C)C(Cn1cncn1)=NOC(=O)N(C)Sc1cccc(C(F)(F)F)c1. The molecule has 0 bridgehead atoms. The van der Waals surface area contributed by atoms with Crippen molar-refractivity contribution in [2.45, 2.75) is 44.8 Å². The summed E-state index contributed by atoms with van der Waals surface area (Å²) in [5.74, 6) is 0. The number of carbonyl (C=O) groups is 1. The van der Waals surface area contributed by atoms with Gasteiger partial charge in [0.05, 0.1) is 17.8 Å². The highest BCUT2D eigenvalue weighted by atomic mass is 32.2. The van der Waals surface area contributed by atoms with Crippen molar-refractivity contribution in [1.29, 1.82) is 0 Å². The molecule has 0 aliphatic heterocycles. The molecule has 29 heavy (non-hydrogen) atoms. The number of amides is 1. The van der Waals surface area contributed by atoms with Crippen LogP contribution in [0.25, 0.3) is 0 Å². The van der Waals surface area contributed by atoms with Crippen LogP contribution in [0.3, 0.4) is 0 Å². The van der Waals surface area contributed by atoms with Crippen LogP contribution in [0.15, 0.2) is 47.0 Å². The summed E-state index contributed by atoms with van der Waals surface area (Å²) in [7, 11) is 1.39. The number of carbonyl (C=O) groups excluding carboxylic acids is 1. The van der Waals surface area contributed by atoms with Gasteiger partial charge in [-0.15, -0.1) is 0 Å². The van der Waals surface area contributed by atoms with Gasteiger partial charge in [-0.2, -0.15) is 18.3 Å². The predicted molar refractivity (Wildman–Crippen MR) is 103 cm³/mol. The topological polar surface area (TPSA) is 72.6 Å². The van der Waals surface area contributed by atoms with Crippen molar-refractivity contribution >= 4 is 23.8 Å². The molecule has 2 aromatic rings. The van der Waals surface area contributed by atoms with Crippen LogP contribution < -0.4 is 0 Å². The Labute approximate surface area is 171 Å². The maximum atomic E-state index is 12.8. The summed E-state index contributed by atoms with van der Waals surface area (Å²) < 4.78 is 41.1. The smallest absolute Gasteiger partial charge is 0.297 e. The fraction of sp³-hybridized carbons (Fsp3) is 0.444. The maximum absolute atomic E-state index is 12.8. The van der Waals surface area contributed by atoms with E-state index < -0.39 is 17.8 Å². The maximum Gasteiger partial charge on any atom is 0.446 e. The van der Waals surface area contributed by atoms with Gasteiger partial charge in [0.1, 0.15) is 12.7 Å². The Kier molecular flexibility index (Phi) is 7.28. The number of oxime groups is 1. The highest BCUT2D eigenvalue weighted by Gasteiger charge is 2.31. The van der Waals surface area contributed by atoms with Gasteiger partial charge >= 0.3 is 12.3 Å². The molecular formula is C18H22F3N5O2S. The van der Waals surface area contributed by atoms with Gasteiger partial charge in [0.2, 0.25) is 0 Å². The number of hydrogen-bond acceptors (Lipinski definition) is 6. The van der Waals surface area contributed by atoms with E-state index in [2.05, 4.69) is 15.2 Å². The van der Waals surface area contributed by atoms with Gasteiger partial charge in [-0.1, -0.05) is 32.0 Å². The minimum absolute atomic E-state index is 0.250. The largest absolute Gasteiger partial charge is 0.446 e. The molecule has 0 radical (unpaired) electrons. The minimum atomic E-state index is -4.46. The molecule has 0 spiro atoms. The fourth-order valence-electron chi connectivity index (χ4n) is 2.11. The summed E-state index contributed by atoms with van der Waals surface area (Å²) in [6.45, 7) is 6.18. The lowest BCUT2D eigenvalue weighted by Crippen LogP contribution is -2.29. The first-order chi connectivity index (χ1) is 13.5. The molecule has 0 aliphatic carbocycles. The highest BCUT2D eigenvalue weighted by molar-refractivity contribution is 7.97. The zero-order valence-corrected chi connectivity index (χ0v) is 17.3. The number of benzene rings is 1. The lowest BCUT2D eigenvalue weighted by Gasteiger charge is -2.24. The van der Waals surface area contributed by atoms with Gasteiger partial charge in [-0.05, 0) is 36.6 Å². The van der Waals surface area contributed by atoms with Crippen molar-refractivity contribution in [3.63, 3.8) is 0 Å². The third kappa shape index (κ3) is 6.48. The summed E-state index contributed by atoms with van der Waals surface area (Å²) >= 11 is 0.814. The summed E-state index contributed by atoms with van der Waals surface area (Å²) in [5, 5.41) is 8.03. The van der Waals surface area contributed by atoms with Gasteiger partial charge in [-0.3, -0.25) is 4.84 Å². The Morgan fingerprint density at radius 3 is 2.66 bits per heavy atom. The number of rotatable bonds is 7. The van der Waals surface area contributed by atoms with E-state index in [9.17, 15) is 18.0 Å². The third-order valence-corrected chi connectivity index (χ3v) is 5.23. The van der Waals surface area contributed by atoms with Crippen LogP contribution in [0.1, 0.15) is 32.8 Å². The summed E-state index contributed by atoms with van der Waals surface area (Å²) in [5.41, 5.74) is -0.572. The Hall–Kier alpha value is -2.56. The van der Waals surface area contributed by atoms with Crippen LogP contribution in [-0.2, 0) is 17.6 Å². The molecule has 0 atom stereocenters. The van der Waals surface area contributed by atoms with E-state index in [4.69, 9.17) is 4.84 Å². The van der Waals surface area contributed by atoms with Gasteiger partial charge < -0.3 is 0 Å². The lowest BCUT2D eigenvalue weighted by atomic mass is 9.84. The lowest BCUT2D eigenvalue weighted by molar-refractivity contribution is -0.137. The fourth-order valence-corrected chi connectivity index (χ4v) is 2.86. The van der Waals surface area contributed by atoms with Crippen LogP contribution in [0, 0.1) is 5.41 Å². The van der Waals surface area contributed by atoms with Crippen LogP contribution in [-0.4, -0.2) is 37.9 Å². The third-order valence-electron chi connectivity index (χ3n) is 4.34. The van der Waals surface area contributed by atoms with Gasteiger partial charge in [0.15, 0.2) is 0 Å². The van der Waals surface area contributed by atoms with E-state index in [1.165, 1.54) is 31.8 Å². The average Bonchev–Trinajstić information content (AvgIpc) is 3.17. The highest BCUT2D eigenvalue weighted by Crippen LogP contribution is 2.32. The zero-order chi connectivity index (χ0) is 21.7. The second-order valence-corrected chi connectivity index (χ2v) is 8.04. The van der Waals surface area contributed by atoms with Crippen molar-refractivity contribution in [1.82, 2.24) is 19.1 Å². The number of alkyl halides is 3. The van der Waals surface area contributed by atoms with E-state index >= 15 is 0 Å². The molecule has 7 nitrogen and oxygen atoms in total. The number of aromatic nitrogens is 3. The summed E-state index contributed by atoms with van der Waals surface area (Å²) in [6, 6.07) is 4.69. The summed E-state index contributed by atoms with van der Waals surface area (Å²) in [6.07, 6.45) is -1.61. The molecule has 0 fully saturated rings. The van der Waals surface area contributed by atoms with Crippen molar-refractivity contribution in [2.24, 2.45) is 10.6 Å². The first-order valence-corrected chi connectivity index (χ1v) is 9.50. The second-order valence-electron chi connectivity index (χ2n) is 6.84. The predicted octanol–water partition coefficient (Wildman–Crippen LogP) is 4.86. The van der Waals surface area contributed by atoms with E-state index in [1.807, 2.05) is 20.8 Å². The first kappa shape index (κ1) is 22.7.